The van der Waals surface area contributed by atoms with Gasteiger partial charge in [-0.1, -0.05) is 42.5 Å². The van der Waals surface area contributed by atoms with Crippen LogP contribution >= 0.6 is 0 Å². The molecule has 0 spiro atoms. The summed E-state index contributed by atoms with van der Waals surface area (Å²) in [7, 11) is -0.175. The Bertz CT molecular complexity index is 917. The smallest absolute Gasteiger partial charge is 0.475 e. The van der Waals surface area contributed by atoms with Crippen LogP contribution in [0.5, 0.6) is 5.75 Å². The average Bonchev–Trinajstić information content (AvgIpc) is 2.79. The van der Waals surface area contributed by atoms with Crippen LogP contribution in [-0.4, -0.2) is 48.6 Å². The Hall–Kier alpha value is -3.35. The van der Waals surface area contributed by atoms with Gasteiger partial charge in [-0.3, -0.25) is 9.59 Å². The maximum absolute atomic E-state index is 12.2. The SMILES string of the molecule is CNC(=O)C(C#N)CCc1cccc(OCCC(=O)N[C@@H](Cc2ccccc2)B(O)O)c1. The number of amides is 2. The van der Waals surface area contributed by atoms with Crippen LogP contribution < -0.4 is 15.4 Å². The van der Waals surface area contributed by atoms with Crippen LogP contribution in [0.15, 0.2) is 54.6 Å². The third kappa shape index (κ3) is 8.42. The van der Waals surface area contributed by atoms with Crippen molar-refractivity contribution in [2.75, 3.05) is 13.7 Å². The lowest BCUT2D eigenvalue weighted by atomic mass is 9.76. The first-order valence-electron chi connectivity index (χ1n) is 10.4. The third-order valence-electron chi connectivity index (χ3n) is 4.94. The molecule has 9 heteroatoms. The van der Waals surface area contributed by atoms with E-state index in [9.17, 15) is 19.6 Å². The van der Waals surface area contributed by atoms with Crippen molar-refractivity contribution in [3.63, 3.8) is 0 Å². The van der Waals surface area contributed by atoms with E-state index in [-0.39, 0.29) is 24.8 Å². The highest BCUT2D eigenvalue weighted by Crippen LogP contribution is 2.17. The number of aryl methyl sites for hydroxylation is 1. The number of nitrogens with one attached hydrogen (secondary N) is 2. The van der Waals surface area contributed by atoms with Gasteiger partial charge in [0, 0.05) is 7.05 Å². The van der Waals surface area contributed by atoms with Crippen molar-refractivity contribution in [2.45, 2.75) is 31.6 Å². The molecule has 2 aromatic carbocycles. The van der Waals surface area contributed by atoms with Crippen LogP contribution in [0.4, 0.5) is 0 Å². The number of benzene rings is 2. The molecule has 0 aromatic heterocycles. The fourth-order valence-electron chi connectivity index (χ4n) is 3.17. The van der Waals surface area contributed by atoms with Gasteiger partial charge in [0.25, 0.3) is 0 Å². The highest BCUT2D eigenvalue weighted by atomic mass is 16.5. The summed E-state index contributed by atoms with van der Waals surface area (Å²) < 4.78 is 5.65. The van der Waals surface area contributed by atoms with Crippen molar-refractivity contribution in [3.8, 4) is 11.8 Å². The van der Waals surface area contributed by atoms with E-state index in [2.05, 4.69) is 10.6 Å². The Morgan fingerprint density at radius 1 is 1.12 bits per heavy atom. The van der Waals surface area contributed by atoms with Gasteiger partial charge in [0.1, 0.15) is 11.7 Å². The molecule has 2 rings (SSSR count). The molecule has 0 saturated carbocycles. The summed E-state index contributed by atoms with van der Waals surface area (Å²) >= 11 is 0. The lowest BCUT2D eigenvalue weighted by Crippen LogP contribution is -2.48. The summed E-state index contributed by atoms with van der Waals surface area (Å²) in [5.41, 5.74) is 1.80. The van der Waals surface area contributed by atoms with Gasteiger partial charge >= 0.3 is 7.12 Å². The second-order valence-corrected chi connectivity index (χ2v) is 7.36. The minimum absolute atomic E-state index is 0.0510. The van der Waals surface area contributed by atoms with Crippen LogP contribution in [0.25, 0.3) is 0 Å². The number of nitriles is 1. The van der Waals surface area contributed by atoms with E-state index in [4.69, 9.17) is 10.00 Å². The first-order valence-corrected chi connectivity index (χ1v) is 10.4. The number of carbonyl (C=O) groups is 2. The van der Waals surface area contributed by atoms with E-state index in [1.54, 1.807) is 6.07 Å². The van der Waals surface area contributed by atoms with Gasteiger partial charge in [0.2, 0.25) is 11.8 Å². The van der Waals surface area contributed by atoms with Crippen molar-refractivity contribution in [1.82, 2.24) is 10.6 Å². The second kappa shape index (κ2) is 13.1. The Kier molecular flexibility index (Phi) is 10.2. The van der Waals surface area contributed by atoms with Gasteiger partial charge < -0.3 is 25.4 Å². The molecule has 32 heavy (non-hydrogen) atoms. The van der Waals surface area contributed by atoms with Crippen LogP contribution in [0.2, 0.25) is 0 Å². The molecule has 1 unspecified atom stereocenters. The third-order valence-corrected chi connectivity index (χ3v) is 4.94. The number of rotatable bonds is 12. The number of nitrogens with zero attached hydrogens (tertiary/aromatic N) is 1. The maximum Gasteiger partial charge on any atom is 0.475 e. The summed E-state index contributed by atoms with van der Waals surface area (Å²) in [6, 6.07) is 18.5. The van der Waals surface area contributed by atoms with Gasteiger partial charge in [-0.25, -0.2) is 0 Å². The Labute approximate surface area is 188 Å². The molecule has 4 N–H and O–H groups in total. The molecule has 0 bridgehead atoms. The van der Waals surface area contributed by atoms with E-state index in [0.717, 1.165) is 11.1 Å². The van der Waals surface area contributed by atoms with Crippen LogP contribution in [0.1, 0.15) is 24.0 Å². The molecule has 2 amide bonds. The van der Waals surface area contributed by atoms with Gasteiger partial charge in [0.15, 0.2) is 0 Å². The highest BCUT2D eigenvalue weighted by molar-refractivity contribution is 6.43. The fraction of sp³-hybridized carbons (Fsp3) is 0.348. The molecular weight excluding hydrogens is 409 g/mol. The second-order valence-electron chi connectivity index (χ2n) is 7.36. The van der Waals surface area contributed by atoms with Crippen molar-refractivity contribution < 1.29 is 24.4 Å². The molecular formula is C23H28BN3O5. The number of hydrogen-bond acceptors (Lipinski definition) is 6. The summed E-state index contributed by atoms with van der Waals surface area (Å²) in [5.74, 6) is -1.60. The average molecular weight is 437 g/mol. The molecule has 2 aromatic rings. The lowest BCUT2D eigenvalue weighted by Gasteiger charge is -2.18. The molecule has 168 valence electrons. The summed E-state index contributed by atoms with van der Waals surface area (Å²) in [6.45, 7) is 0.119. The molecule has 0 heterocycles. The summed E-state index contributed by atoms with van der Waals surface area (Å²) in [5, 5.41) is 33.4. The minimum Gasteiger partial charge on any atom is -0.493 e. The first kappa shape index (κ1) is 24.9. The number of hydrogen-bond donors (Lipinski definition) is 4. The minimum atomic E-state index is -1.68. The van der Waals surface area contributed by atoms with E-state index in [1.165, 1.54) is 7.05 Å². The van der Waals surface area contributed by atoms with Crippen LogP contribution in [-0.2, 0) is 22.4 Å². The van der Waals surface area contributed by atoms with Crippen LogP contribution in [0.3, 0.4) is 0 Å². The normalized spacial score (nSPS) is 12.2. The molecule has 0 aliphatic carbocycles. The van der Waals surface area contributed by atoms with Gasteiger partial charge in [-0.15, -0.1) is 0 Å². The lowest BCUT2D eigenvalue weighted by molar-refractivity contribution is -0.123. The van der Waals surface area contributed by atoms with Crippen molar-refractivity contribution in [2.24, 2.45) is 5.92 Å². The molecule has 0 saturated heterocycles. The molecule has 0 fully saturated rings. The van der Waals surface area contributed by atoms with E-state index >= 15 is 0 Å². The Morgan fingerprint density at radius 2 is 1.84 bits per heavy atom. The summed E-state index contributed by atoms with van der Waals surface area (Å²) in [4.78, 5) is 23.9. The van der Waals surface area contributed by atoms with E-state index in [1.807, 2.05) is 54.6 Å². The van der Waals surface area contributed by atoms with Crippen molar-refractivity contribution in [1.29, 1.82) is 5.26 Å². The molecule has 0 radical (unpaired) electrons. The zero-order valence-corrected chi connectivity index (χ0v) is 18.0. The van der Waals surface area contributed by atoms with Crippen molar-refractivity contribution >= 4 is 18.9 Å². The maximum atomic E-state index is 12.2. The molecule has 2 atom stereocenters. The topological polar surface area (TPSA) is 132 Å². The Balaban J connectivity index is 1.81. The molecule has 0 aliphatic rings. The zero-order chi connectivity index (χ0) is 23.3. The number of ether oxygens (including phenoxy) is 1. The highest BCUT2D eigenvalue weighted by Gasteiger charge is 2.25. The standard InChI is InChI=1S/C23H28BN3O5/c1-26-23(29)19(16-25)11-10-18-8-5-9-20(14-18)32-13-12-22(28)27-21(24(30)31)15-17-6-3-2-4-7-17/h2-9,14,19,21,30-31H,10-13,15H2,1H3,(H,26,29)(H,27,28)/t19?,21-/m0/s1. The van der Waals surface area contributed by atoms with Crippen LogP contribution in [0, 0.1) is 17.2 Å². The quantitative estimate of drug-likeness (QED) is 0.367. The number of carbonyl (C=O) groups excluding carboxylic acids is 2. The summed E-state index contributed by atoms with van der Waals surface area (Å²) in [6.07, 6.45) is 1.29. The largest absolute Gasteiger partial charge is 0.493 e. The van der Waals surface area contributed by atoms with E-state index < -0.39 is 19.0 Å². The van der Waals surface area contributed by atoms with Gasteiger partial charge in [-0.05, 0) is 42.5 Å². The monoisotopic (exact) mass is 437 g/mol. The predicted molar refractivity (Wildman–Crippen MR) is 120 cm³/mol. The zero-order valence-electron chi connectivity index (χ0n) is 18.0. The fourth-order valence-corrected chi connectivity index (χ4v) is 3.17. The molecule has 8 nitrogen and oxygen atoms in total. The first-order chi connectivity index (χ1) is 15.4. The molecule has 0 aliphatic heterocycles. The predicted octanol–water partition coefficient (Wildman–Crippen LogP) is 1.01. The Morgan fingerprint density at radius 3 is 2.50 bits per heavy atom. The van der Waals surface area contributed by atoms with E-state index in [0.29, 0.717) is 25.0 Å². The van der Waals surface area contributed by atoms with Gasteiger partial charge in [0.05, 0.1) is 25.0 Å². The van der Waals surface area contributed by atoms with Crippen molar-refractivity contribution in [3.05, 3.63) is 65.7 Å². The van der Waals surface area contributed by atoms with Gasteiger partial charge in [-0.2, -0.15) is 5.26 Å².